The Hall–Kier alpha value is -2.30. The molecule has 0 spiro atoms. The third-order valence-corrected chi connectivity index (χ3v) is 4.13. The van der Waals surface area contributed by atoms with Gasteiger partial charge in [0.05, 0.1) is 11.1 Å². The van der Waals surface area contributed by atoms with E-state index in [4.69, 9.17) is 0 Å². The molecule has 2 aromatic carbocycles. The third-order valence-electron chi connectivity index (χ3n) is 4.13. The van der Waals surface area contributed by atoms with Crippen molar-refractivity contribution >= 4 is 0 Å². The molecule has 0 N–H and O–H groups in total. The van der Waals surface area contributed by atoms with Crippen LogP contribution in [0.4, 0.5) is 43.9 Å². The molecule has 0 amide bonds. The normalized spacial score (nSPS) is 12.7. The number of benzene rings is 2. The summed E-state index contributed by atoms with van der Waals surface area (Å²) in [6.07, 6.45) is -0.245. The van der Waals surface area contributed by atoms with Gasteiger partial charge < -0.3 is 0 Å². The lowest BCUT2D eigenvalue weighted by Crippen LogP contribution is -2.50. The van der Waals surface area contributed by atoms with Gasteiger partial charge in [-0.25, -0.2) is 26.3 Å². The number of nitrogens with zero attached hydrogens (tertiary/aromatic N) is 1. The zero-order valence-electron chi connectivity index (χ0n) is 14.7. The molecule has 0 heterocycles. The van der Waals surface area contributed by atoms with Crippen LogP contribution in [0.25, 0.3) is 0 Å². The second-order valence-corrected chi connectivity index (χ2v) is 6.03. The van der Waals surface area contributed by atoms with Gasteiger partial charge in [-0.2, -0.15) is 22.5 Å². The van der Waals surface area contributed by atoms with Crippen LogP contribution in [-0.2, 0) is 12.1 Å². The highest BCUT2D eigenvalue weighted by molar-refractivity contribution is 5.28. The van der Waals surface area contributed by atoms with Crippen LogP contribution in [0.15, 0.2) is 24.3 Å². The molecule has 0 atom stereocenters. The minimum Gasteiger partial charge on any atom is -0.204 e. The molecule has 1 nitrogen and oxygen atoms in total. The first-order valence-electron chi connectivity index (χ1n) is 8.18. The minimum atomic E-state index is -4.98. The van der Waals surface area contributed by atoms with Crippen LogP contribution in [0.3, 0.4) is 0 Å². The summed E-state index contributed by atoms with van der Waals surface area (Å²) >= 11 is 0. The molecule has 0 saturated heterocycles. The van der Waals surface area contributed by atoms with Gasteiger partial charge in [-0.3, -0.25) is 0 Å². The number of alkyl halides is 4. The quantitative estimate of drug-likeness (QED) is 0.277. The van der Waals surface area contributed by atoms with Gasteiger partial charge in [0.1, 0.15) is 0 Å². The summed E-state index contributed by atoms with van der Waals surface area (Å²) in [7, 11) is 0. The topological polar surface area (TPSA) is 3.24 Å². The summed E-state index contributed by atoms with van der Waals surface area (Å²) in [5, 5.41) is 0. The summed E-state index contributed by atoms with van der Waals surface area (Å²) in [6, 6.07) is -9.62. The highest BCUT2D eigenvalue weighted by Crippen LogP contribution is 2.46. The van der Waals surface area contributed by atoms with Crippen LogP contribution in [-0.4, -0.2) is 11.4 Å². The highest BCUT2D eigenvalue weighted by Gasteiger charge is 2.56. The lowest BCUT2D eigenvalue weighted by atomic mass is 10.1. The van der Waals surface area contributed by atoms with Gasteiger partial charge in [-0.05, 0) is 30.7 Å². The van der Waals surface area contributed by atoms with E-state index in [9.17, 15) is 43.9 Å². The first-order valence-corrected chi connectivity index (χ1v) is 8.18. The molecular formula is C18H13F10N. The van der Waals surface area contributed by atoms with Crippen molar-refractivity contribution < 1.29 is 43.9 Å². The molecule has 0 aliphatic carbocycles. The maximum atomic E-state index is 14.8. The molecule has 11 heteroatoms. The van der Waals surface area contributed by atoms with Crippen molar-refractivity contribution in [3.63, 3.8) is 0 Å². The number of hydrogen-bond donors (Lipinski definition) is 0. The fraction of sp³-hybridized carbons (Fsp3) is 0.333. The predicted molar refractivity (Wildman–Crippen MR) is 82.0 cm³/mol. The van der Waals surface area contributed by atoms with Crippen LogP contribution in [0.1, 0.15) is 30.9 Å². The molecule has 29 heavy (non-hydrogen) atoms. The van der Waals surface area contributed by atoms with Crippen LogP contribution in [0.2, 0.25) is 0 Å². The van der Waals surface area contributed by atoms with E-state index in [1.807, 2.05) is 0 Å². The van der Waals surface area contributed by atoms with Crippen molar-refractivity contribution in [3.05, 3.63) is 70.3 Å². The molecule has 2 rings (SSSR count). The number of halogens is 10. The smallest absolute Gasteiger partial charge is 0.204 e. The van der Waals surface area contributed by atoms with Gasteiger partial charge in [0, 0.05) is 6.54 Å². The Morgan fingerprint density at radius 1 is 0.655 bits per heavy atom. The van der Waals surface area contributed by atoms with E-state index in [2.05, 4.69) is 0 Å². The Labute approximate surface area is 158 Å². The lowest BCUT2D eigenvalue weighted by molar-refractivity contribution is -0.291. The van der Waals surface area contributed by atoms with Crippen LogP contribution in [0, 0.1) is 34.9 Å². The van der Waals surface area contributed by atoms with Gasteiger partial charge in [-0.15, -0.1) is 0 Å². The van der Waals surface area contributed by atoms with Crippen molar-refractivity contribution in [1.29, 1.82) is 0 Å². The summed E-state index contributed by atoms with van der Waals surface area (Å²) in [5.74, 6) is -13.1. The number of hydrogen-bond acceptors (Lipinski definition) is 1. The zero-order chi connectivity index (χ0) is 22.1. The molecule has 0 bridgehead atoms. The number of rotatable bonds is 7. The van der Waals surface area contributed by atoms with Crippen LogP contribution >= 0.6 is 0 Å². The van der Waals surface area contributed by atoms with Crippen molar-refractivity contribution in [1.82, 2.24) is 4.90 Å². The van der Waals surface area contributed by atoms with Crippen molar-refractivity contribution in [3.8, 4) is 0 Å². The van der Waals surface area contributed by atoms with Crippen molar-refractivity contribution in [2.45, 2.75) is 31.9 Å². The fourth-order valence-electron chi connectivity index (χ4n) is 2.58. The van der Waals surface area contributed by atoms with Gasteiger partial charge in [0.15, 0.2) is 34.9 Å². The van der Waals surface area contributed by atoms with Gasteiger partial charge in [0.25, 0.3) is 0 Å². The maximum absolute atomic E-state index is 14.8. The Balaban J connectivity index is 2.67. The molecule has 0 aliphatic rings. The summed E-state index contributed by atoms with van der Waals surface area (Å²) in [5.41, 5.74) is -3.87. The predicted octanol–water partition coefficient (Wildman–Crippen LogP) is 6.42. The van der Waals surface area contributed by atoms with E-state index in [0.29, 0.717) is 0 Å². The average molecular weight is 433 g/mol. The van der Waals surface area contributed by atoms with Crippen LogP contribution in [0.5, 0.6) is 0 Å². The summed E-state index contributed by atoms with van der Waals surface area (Å²) in [6.45, 7) is 0.262. The average Bonchev–Trinajstić information content (AvgIpc) is 2.63. The van der Waals surface area contributed by atoms with Gasteiger partial charge in [-0.1, -0.05) is 13.3 Å². The van der Waals surface area contributed by atoms with E-state index in [-0.39, 0.29) is 37.1 Å². The highest BCUT2D eigenvalue weighted by atomic mass is 19.3. The molecule has 0 radical (unpaired) electrons. The molecular weight excluding hydrogens is 420 g/mol. The van der Waals surface area contributed by atoms with Crippen LogP contribution < -0.4 is 0 Å². The fourth-order valence-corrected chi connectivity index (χ4v) is 2.58. The second-order valence-electron chi connectivity index (χ2n) is 6.03. The molecule has 0 saturated carbocycles. The largest absolute Gasteiger partial charge is 0.339 e. The monoisotopic (exact) mass is 433 g/mol. The van der Waals surface area contributed by atoms with Gasteiger partial charge >= 0.3 is 12.1 Å². The Bertz CT molecular complexity index is 827. The van der Waals surface area contributed by atoms with Gasteiger partial charge in [0.2, 0.25) is 0 Å². The Morgan fingerprint density at radius 3 is 1.38 bits per heavy atom. The van der Waals surface area contributed by atoms with E-state index in [1.165, 1.54) is 6.92 Å². The molecule has 160 valence electrons. The van der Waals surface area contributed by atoms with E-state index < -0.39 is 69.6 Å². The number of unbranched alkanes of at least 4 members (excludes halogenated alkanes) is 1. The molecule has 2 aromatic rings. The first kappa shape index (κ1) is 23.0. The van der Waals surface area contributed by atoms with E-state index in [1.54, 1.807) is 0 Å². The van der Waals surface area contributed by atoms with Crippen molar-refractivity contribution in [2.75, 3.05) is 6.54 Å². The minimum absolute atomic E-state index is 0.0599. The molecule has 0 unspecified atom stereocenters. The molecule has 0 fully saturated rings. The SMILES string of the molecule is CCCCN(C(F)(F)c1ccc(F)c(F)c1F)C(F)(F)c1ccc(F)c(F)c1F. The maximum Gasteiger partial charge on any atom is 0.339 e. The molecule has 0 aromatic heterocycles. The second kappa shape index (κ2) is 8.21. The zero-order valence-corrected chi connectivity index (χ0v) is 14.7. The Morgan fingerprint density at radius 2 is 1.03 bits per heavy atom. The van der Waals surface area contributed by atoms with Crippen molar-refractivity contribution in [2.24, 2.45) is 0 Å². The van der Waals surface area contributed by atoms with E-state index in [0.717, 1.165) is 0 Å². The standard InChI is InChI=1S/C18H13F10N/c1-2-3-8-29(17(25,26)9-4-6-11(19)15(23)13(9)21)18(27,28)10-5-7-12(20)16(24)14(10)22/h4-7H,2-3,8H2,1H3. The summed E-state index contributed by atoms with van der Waals surface area (Å²) in [4.78, 5) is -0.977. The third kappa shape index (κ3) is 4.05. The Kier molecular flexibility index (Phi) is 6.51. The molecule has 0 aliphatic heterocycles. The lowest BCUT2D eigenvalue weighted by Gasteiger charge is -2.37. The first-order chi connectivity index (χ1) is 13.4. The summed E-state index contributed by atoms with van der Waals surface area (Å²) < 4.78 is 140. The van der Waals surface area contributed by atoms with E-state index >= 15 is 0 Å².